The molecule has 4 N–H and O–H groups in total. The van der Waals surface area contributed by atoms with Gasteiger partial charge in [0.2, 0.25) is 0 Å². The molecule has 0 unspecified atom stereocenters. The highest BCUT2D eigenvalue weighted by atomic mass is 16.4. The molecule has 102 valence electrons. The van der Waals surface area contributed by atoms with Crippen molar-refractivity contribution in [1.29, 1.82) is 0 Å². The Morgan fingerprint density at radius 2 is 2.11 bits per heavy atom. The molecule has 1 aromatic carbocycles. The van der Waals surface area contributed by atoms with E-state index in [4.69, 9.17) is 10.8 Å². The topological polar surface area (TPSA) is 92.4 Å². The summed E-state index contributed by atoms with van der Waals surface area (Å²) in [6.07, 6.45) is 2.65. The number of carbonyl (C=O) groups excluding carboxylic acids is 1. The molecule has 5 heteroatoms. The number of hydrogen-bond acceptors (Lipinski definition) is 3. The largest absolute Gasteiger partial charge is 0.481 e. The molecule has 0 spiro atoms. The molecule has 1 amide bonds. The highest BCUT2D eigenvalue weighted by molar-refractivity contribution is 5.98. The number of carbonyl (C=O) groups is 2. The molecule has 1 aliphatic carbocycles. The van der Waals surface area contributed by atoms with Crippen molar-refractivity contribution in [3.63, 3.8) is 0 Å². The van der Waals surface area contributed by atoms with Crippen LogP contribution in [0.4, 0.5) is 5.69 Å². The van der Waals surface area contributed by atoms with E-state index in [-0.39, 0.29) is 6.42 Å². The van der Waals surface area contributed by atoms with Crippen LogP contribution in [0.2, 0.25) is 0 Å². The Morgan fingerprint density at radius 1 is 1.42 bits per heavy atom. The van der Waals surface area contributed by atoms with Crippen LogP contribution >= 0.6 is 0 Å². The smallest absolute Gasteiger partial charge is 0.305 e. The van der Waals surface area contributed by atoms with Crippen LogP contribution in [0.3, 0.4) is 0 Å². The highest BCUT2D eigenvalue weighted by Gasteiger charge is 2.39. The minimum Gasteiger partial charge on any atom is -0.481 e. The second-order valence-corrected chi connectivity index (χ2v) is 5.24. The lowest BCUT2D eigenvalue weighted by Gasteiger charge is -2.42. The van der Waals surface area contributed by atoms with Gasteiger partial charge in [0.25, 0.3) is 5.91 Å². The molecule has 1 saturated carbocycles. The number of benzene rings is 1. The average molecular weight is 262 g/mol. The Balaban J connectivity index is 2.28. The first kappa shape index (κ1) is 13.4. The maximum Gasteiger partial charge on any atom is 0.305 e. The first-order valence-electron chi connectivity index (χ1n) is 6.32. The third kappa shape index (κ3) is 2.86. The summed E-state index contributed by atoms with van der Waals surface area (Å²) in [5, 5.41) is 12.2. The number of carboxylic acid groups (broad SMARTS) is 1. The van der Waals surface area contributed by atoms with Crippen molar-refractivity contribution in [2.24, 2.45) is 5.73 Å². The van der Waals surface area contributed by atoms with E-state index in [1.54, 1.807) is 6.07 Å². The Morgan fingerprint density at radius 3 is 2.58 bits per heavy atom. The van der Waals surface area contributed by atoms with Gasteiger partial charge in [-0.15, -0.1) is 0 Å². The van der Waals surface area contributed by atoms with Crippen molar-refractivity contribution in [1.82, 2.24) is 0 Å². The van der Waals surface area contributed by atoms with E-state index < -0.39 is 17.4 Å². The summed E-state index contributed by atoms with van der Waals surface area (Å²) in [4.78, 5) is 22.4. The number of aliphatic carboxylic acids is 1. The first-order chi connectivity index (χ1) is 8.92. The number of hydrogen-bond donors (Lipinski definition) is 3. The van der Waals surface area contributed by atoms with Gasteiger partial charge >= 0.3 is 5.97 Å². The molecule has 0 heterocycles. The van der Waals surface area contributed by atoms with Gasteiger partial charge in [-0.1, -0.05) is 6.07 Å². The van der Waals surface area contributed by atoms with Crippen LogP contribution in [0.25, 0.3) is 0 Å². The fourth-order valence-corrected chi connectivity index (χ4v) is 2.50. The predicted molar refractivity (Wildman–Crippen MR) is 72.2 cm³/mol. The van der Waals surface area contributed by atoms with Crippen molar-refractivity contribution in [2.75, 3.05) is 5.32 Å². The summed E-state index contributed by atoms with van der Waals surface area (Å²) in [6, 6.07) is 5.32. The van der Waals surface area contributed by atoms with Gasteiger partial charge in [-0.05, 0) is 43.9 Å². The number of primary amides is 1. The molecule has 1 aliphatic rings. The number of nitrogens with one attached hydrogen (secondary N) is 1. The SMILES string of the molecule is Cc1ccc(C(N)=O)c(NC2(CC(=O)O)CCC2)c1. The third-order valence-electron chi connectivity index (χ3n) is 3.64. The number of rotatable bonds is 5. The molecule has 5 nitrogen and oxygen atoms in total. The van der Waals surface area contributed by atoms with Gasteiger partial charge in [0.05, 0.1) is 12.0 Å². The zero-order valence-corrected chi connectivity index (χ0v) is 10.9. The lowest BCUT2D eigenvalue weighted by Crippen LogP contribution is -2.47. The van der Waals surface area contributed by atoms with E-state index in [0.29, 0.717) is 11.3 Å². The van der Waals surface area contributed by atoms with E-state index >= 15 is 0 Å². The van der Waals surface area contributed by atoms with E-state index in [0.717, 1.165) is 24.8 Å². The zero-order valence-electron chi connectivity index (χ0n) is 10.9. The van der Waals surface area contributed by atoms with Gasteiger partial charge in [-0.25, -0.2) is 0 Å². The second-order valence-electron chi connectivity index (χ2n) is 5.24. The Hall–Kier alpha value is -2.04. The summed E-state index contributed by atoms with van der Waals surface area (Å²) < 4.78 is 0. The molecular weight excluding hydrogens is 244 g/mol. The summed E-state index contributed by atoms with van der Waals surface area (Å²) in [6.45, 7) is 1.92. The number of amides is 1. The predicted octanol–water partition coefficient (Wildman–Crippen LogP) is 1.90. The monoisotopic (exact) mass is 262 g/mol. The van der Waals surface area contributed by atoms with Gasteiger partial charge in [-0.3, -0.25) is 9.59 Å². The number of aryl methyl sites for hydroxylation is 1. The minimum absolute atomic E-state index is 0.0547. The quantitative estimate of drug-likeness (QED) is 0.755. The van der Waals surface area contributed by atoms with Crippen molar-refractivity contribution in [3.8, 4) is 0 Å². The van der Waals surface area contributed by atoms with Gasteiger partial charge < -0.3 is 16.2 Å². The maximum absolute atomic E-state index is 11.4. The average Bonchev–Trinajstić information content (AvgIpc) is 2.25. The molecule has 1 fully saturated rings. The van der Waals surface area contributed by atoms with Crippen molar-refractivity contribution < 1.29 is 14.7 Å². The van der Waals surface area contributed by atoms with Crippen LogP contribution in [-0.2, 0) is 4.79 Å². The summed E-state index contributed by atoms with van der Waals surface area (Å²) in [5.41, 5.74) is 6.94. The molecule has 0 saturated heterocycles. The summed E-state index contributed by atoms with van der Waals surface area (Å²) in [5.74, 6) is -1.34. The molecule has 19 heavy (non-hydrogen) atoms. The number of nitrogens with two attached hydrogens (primary N) is 1. The maximum atomic E-state index is 11.4. The first-order valence-corrected chi connectivity index (χ1v) is 6.32. The van der Waals surface area contributed by atoms with Crippen LogP contribution in [0.1, 0.15) is 41.6 Å². The fourth-order valence-electron chi connectivity index (χ4n) is 2.50. The van der Waals surface area contributed by atoms with E-state index in [1.807, 2.05) is 19.1 Å². The van der Waals surface area contributed by atoms with Crippen LogP contribution in [0, 0.1) is 6.92 Å². The molecule has 0 aliphatic heterocycles. The van der Waals surface area contributed by atoms with E-state index in [1.165, 1.54) is 0 Å². The zero-order chi connectivity index (χ0) is 14.0. The standard InChI is InChI=1S/C14H18N2O3/c1-9-3-4-10(13(15)19)11(7-9)16-14(5-2-6-14)8-12(17)18/h3-4,7,16H,2,5-6,8H2,1H3,(H2,15,19)(H,17,18). The lowest BCUT2D eigenvalue weighted by molar-refractivity contribution is -0.138. The molecule has 1 aromatic rings. The second kappa shape index (κ2) is 4.91. The third-order valence-corrected chi connectivity index (χ3v) is 3.64. The van der Waals surface area contributed by atoms with Gasteiger partial charge in [0, 0.05) is 11.2 Å². The molecule has 0 aromatic heterocycles. The molecular formula is C14H18N2O3. The Bertz CT molecular complexity index is 521. The van der Waals surface area contributed by atoms with Crippen molar-refractivity contribution in [2.45, 2.75) is 38.1 Å². The lowest BCUT2D eigenvalue weighted by atomic mass is 9.74. The van der Waals surface area contributed by atoms with Crippen molar-refractivity contribution >= 4 is 17.6 Å². The number of anilines is 1. The van der Waals surface area contributed by atoms with Crippen LogP contribution in [-0.4, -0.2) is 22.5 Å². The van der Waals surface area contributed by atoms with Crippen molar-refractivity contribution in [3.05, 3.63) is 29.3 Å². The number of carboxylic acids is 1. The van der Waals surface area contributed by atoms with Crippen LogP contribution in [0.5, 0.6) is 0 Å². The Kier molecular flexibility index (Phi) is 3.46. The normalized spacial score (nSPS) is 16.5. The fraction of sp³-hybridized carbons (Fsp3) is 0.429. The molecule has 2 rings (SSSR count). The molecule has 0 radical (unpaired) electrons. The van der Waals surface area contributed by atoms with Crippen LogP contribution < -0.4 is 11.1 Å². The van der Waals surface area contributed by atoms with Gasteiger partial charge in [0.15, 0.2) is 0 Å². The molecule has 0 bridgehead atoms. The van der Waals surface area contributed by atoms with E-state index in [9.17, 15) is 9.59 Å². The minimum atomic E-state index is -0.833. The Labute approximate surface area is 111 Å². The molecule has 0 atom stereocenters. The van der Waals surface area contributed by atoms with Gasteiger partial charge in [-0.2, -0.15) is 0 Å². The summed E-state index contributed by atoms with van der Waals surface area (Å²) >= 11 is 0. The van der Waals surface area contributed by atoms with Crippen LogP contribution in [0.15, 0.2) is 18.2 Å². The highest BCUT2D eigenvalue weighted by Crippen LogP contribution is 2.39. The van der Waals surface area contributed by atoms with Gasteiger partial charge in [0.1, 0.15) is 0 Å². The van der Waals surface area contributed by atoms with E-state index in [2.05, 4.69) is 5.32 Å². The summed E-state index contributed by atoms with van der Waals surface area (Å²) in [7, 11) is 0.